The van der Waals surface area contributed by atoms with Gasteiger partial charge in [0, 0.05) is 0 Å². The van der Waals surface area contributed by atoms with Crippen molar-refractivity contribution in [3.8, 4) is 0 Å². The molecule has 76 valence electrons. The molecule has 4 saturated heterocycles. The average molecular weight is 210 g/mol. The zero-order valence-corrected chi connectivity index (χ0v) is 7.04. The fraction of sp³-hybridized carbons (Fsp3) is 0.333. The maximum absolute atomic E-state index is 11.5. The number of hydrazine groups is 1. The highest BCUT2D eigenvalue weighted by Gasteiger charge is 2.86. The summed E-state index contributed by atoms with van der Waals surface area (Å²) in [5.74, 6) is -1.33. The Labute approximate surface area is 81.3 Å². The molecule has 0 aromatic heterocycles. The molecule has 9 nitrogen and oxygen atoms in total. The van der Waals surface area contributed by atoms with Gasteiger partial charge in [0.15, 0.2) is 6.61 Å². The first-order valence-corrected chi connectivity index (χ1v) is 4.10. The summed E-state index contributed by atoms with van der Waals surface area (Å²) in [6.07, 6.45) is -0.797. The van der Waals surface area contributed by atoms with Gasteiger partial charge in [-0.2, -0.15) is 14.8 Å². The van der Waals surface area contributed by atoms with Crippen LogP contribution in [0.1, 0.15) is 0 Å². The van der Waals surface area contributed by atoms with E-state index in [-0.39, 0.29) is 6.61 Å². The maximum atomic E-state index is 11.5. The predicted molar refractivity (Wildman–Crippen MR) is 37.6 cm³/mol. The summed E-state index contributed by atoms with van der Waals surface area (Å²) in [5.41, 5.74) is 0. The van der Waals surface area contributed by atoms with Crippen LogP contribution in [0.5, 0.6) is 0 Å². The van der Waals surface area contributed by atoms with Crippen LogP contribution in [0, 0.1) is 0 Å². The van der Waals surface area contributed by atoms with E-state index in [1.54, 1.807) is 0 Å². The first-order valence-electron chi connectivity index (χ1n) is 4.10. The van der Waals surface area contributed by atoms with Crippen molar-refractivity contribution in [1.82, 2.24) is 19.8 Å². The fourth-order valence-electron chi connectivity index (χ4n) is 2.36. The molecule has 4 aliphatic heterocycles. The molecule has 0 radical (unpaired) electrons. The van der Waals surface area contributed by atoms with Gasteiger partial charge in [-0.25, -0.2) is 19.2 Å². The lowest BCUT2D eigenvalue weighted by molar-refractivity contribution is -0.0641. The third kappa shape index (κ3) is 0.380. The SMILES string of the molecule is O=C1N2C(=O)N3C(=O)N1C31COC(=O)N21. The third-order valence-electron chi connectivity index (χ3n) is 2.95. The number of carbonyl (C=O) groups excluding carboxylic acids is 4. The third-order valence-corrected chi connectivity index (χ3v) is 2.95. The van der Waals surface area contributed by atoms with Gasteiger partial charge in [0.05, 0.1) is 0 Å². The minimum absolute atomic E-state index is 0.189. The van der Waals surface area contributed by atoms with E-state index in [0.29, 0.717) is 5.01 Å². The Kier molecular flexibility index (Phi) is 0.709. The van der Waals surface area contributed by atoms with Crippen molar-refractivity contribution < 1.29 is 23.9 Å². The Hall–Kier alpha value is -2.32. The molecule has 15 heavy (non-hydrogen) atoms. The van der Waals surface area contributed by atoms with Gasteiger partial charge < -0.3 is 4.74 Å². The number of imide groups is 3. The normalized spacial score (nSPS) is 28.8. The first kappa shape index (κ1) is 7.04. The minimum Gasteiger partial charge on any atom is -0.441 e. The fourth-order valence-corrected chi connectivity index (χ4v) is 2.36. The van der Waals surface area contributed by atoms with Gasteiger partial charge in [-0.1, -0.05) is 0 Å². The number of rotatable bonds is 0. The number of hydrogen-bond acceptors (Lipinski definition) is 5. The molecular formula is C6H2N4O5. The van der Waals surface area contributed by atoms with Crippen LogP contribution in [-0.4, -0.2) is 56.4 Å². The Morgan fingerprint density at radius 3 is 2.20 bits per heavy atom. The second-order valence-corrected chi connectivity index (χ2v) is 3.47. The van der Waals surface area contributed by atoms with E-state index >= 15 is 0 Å². The Bertz CT molecular complexity index is 460. The standard InChI is InChI=1S/C6H2N4O5/c11-2-7-3(12)9-4(13)8(2)6(7)1-15-5(14)10(6)9/h1H2. The van der Waals surface area contributed by atoms with Crippen molar-refractivity contribution in [2.45, 2.75) is 5.79 Å². The van der Waals surface area contributed by atoms with E-state index in [9.17, 15) is 19.2 Å². The molecule has 4 fully saturated rings. The lowest BCUT2D eigenvalue weighted by Gasteiger charge is -2.47. The van der Waals surface area contributed by atoms with Gasteiger partial charge >= 0.3 is 24.2 Å². The molecule has 0 aromatic rings. The van der Waals surface area contributed by atoms with Crippen LogP contribution in [-0.2, 0) is 4.74 Å². The number of urea groups is 3. The molecule has 2 bridgehead atoms. The van der Waals surface area contributed by atoms with Crippen LogP contribution >= 0.6 is 0 Å². The summed E-state index contributed by atoms with van der Waals surface area (Å²) in [5, 5.41) is 1.50. The largest absolute Gasteiger partial charge is 0.441 e. The number of amides is 7. The van der Waals surface area contributed by atoms with E-state index < -0.39 is 30.0 Å². The second-order valence-electron chi connectivity index (χ2n) is 3.47. The Balaban J connectivity index is 2.02. The highest BCUT2D eigenvalue weighted by molar-refractivity contribution is 6.21. The van der Waals surface area contributed by atoms with E-state index in [0.717, 1.165) is 14.8 Å². The van der Waals surface area contributed by atoms with Crippen molar-refractivity contribution in [1.29, 1.82) is 0 Å². The molecule has 1 spiro atoms. The van der Waals surface area contributed by atoms with Gasteiger partial charge in [-0.05, 0) is 0 Å². The smallest absolute Gasteiger partial charge is 0.433 e. The number of carbonyl (C=O) groups is 4. The summed E-state index contributed by atoms with van der Waals surface area (Å²) in [6, 6.07) is -2.28. The van der Waals surface area contributed by atoms with Crippen LogP contribution in [0.2, 0.25) is 0 Å². The summed E-state index contributed by atoms with van der Waals surface area (Å²) in [4.78, 5) is 47.3. The molecule has 9 heteroatoms. The summed E-state index contributed by atoms with van der Waals surface area (Å²) < 4.78 is 4.70. The van der Waals surface area contributed by atoms with Crippen molar-refractivity contribution in [2.24, 2.45) is 0 Å². The Morgan fingerprint density at radius 1 is 1.00 bits per heavy atom. The molecule has 0 unspecified atom stereocenters. The lowest BCUT2D eigenvalue weighted by Crippen LogP contribution is -2.80. The van der Waals surface area contributed by atoms with Gasteiger partial charge in [-0.3, -0.25) is 0 Å². The second kappa shape index (κ2) is 1.51. The summed E-state index contributed by atoms with van der Waals surface area (Å²) >= 11 is 0. The molecule has 0 N–H and O–H groups in total. The molecule has 4 rings (SSSR count). The van der Waals surface area contributed by atoms with Gasteiger partial charge in [0.2, 0.25) is 0 Å². The molecule has 4 aliphatic rings. The quantitative estimate of drug-likeness (QED) is 0.528. The van der Waals surface area contributed by atoms with E-state index in [4.69, 9.17) is 4.74 Å². The number of cyclic esters (lactones) is 1. The summed E-state index contributed by atoms with van der Waals surface area (Å²) in [7, 11) is 0. The topological polar surface area (TPSA) is 90.5 Å². The Morgan fingerprint density at radius 2 is 1.60 bits per heavy atom. The molecule has 0 aromatic carbocycles. The van der Waals surface area contributed by atoms with Crippen molar-refractivity contribution in [3.05, 3.63) is 0 Å². The molecule has 0 aliphatic carbocycles. The number of ether oxygens (including phenoxy) is 1. The molecule has 0 atom stereocenters. The lowest BCUT2D eigenvalue weighted by atomic mass is 10.2. The summed E-state index contributed by atoms with van der Waals surface area (Å²) in [6.45, 7) is -0.189. The molecule has 7 amide bonds. The first-order chi connectivity index (χ1) is 7.10. The van der Waals surface area contributed by atoms with E-state index in [2.05, 4.69) is 0 Å². The van der Waals surface area contributed by atoms with Crippen molar-refractivity contribution >= 4 is 24.2 Å². The van der Waals surface area contributed by atoms with Crippen LogP contribution in [0.15, 0.2) is 0 Å². The zero-order valence-electron chi connectivity index (χ0n) is 7.04. The van der Waals surface area contributed by atoms with Crippen molar-refractivity contribution in [2.75, 3.05) is 6.61 Å². The number of hydrogen-bond donors (Lipinski definition) is 0. The van der Waals surface area contributed by atoms with Crippen molar-refractivity contribution in [3.63, 3.8) is 0 Å². The number of nitrogens with zero attached hydrogens (tertiary/aromatic N) is 4. The predicted octanol–water partition coefficient (Wildman–Crippen LogP) is -0.686. The van der Waals surface area contributed by atoms with E-state index in [1.807, 2.05) is 0 Å². The average Bonchev–Trinajstić information content (AvgIpc) is 2.65. The minimum atomic E-state index is -1.33. The molecule has 4 heterocycles. The van der Waals surface area contributed by atoms with Crippen LogP contribution in [0.3, 0.4) is 0 Å². The van der Waals surface area contributed by atoms with E-state index in [1.165, 1.54) is 0 Å². The van der Waals surface area contributed by atoms with Crippen LogP contribution in [0.4, 0.5) is 19.2 Å². The highest BCUT2D eigenvalue weighted by atomic mass is 16.6. The molecular weight excluding hydrogens is 208 g/mol. The zero-order chi connectivity index (χ0) is 10.5. The van der Waals surface area contributed by atoms with Gasteiger partial charge in [0.1, 0.15) is 0 Å². The van der Waals surface area contributed by atoms with Gasteiger partial charge in [0.25, 0.3) is 5.79 Å². The van der Waals surface area contributed by atoms with Gasteiger partial charge in [-0.15, -0.1) is 5.01 Å². The highest BCUT2D eigenvalue weighted by Crippen LogP contribution is 2.53. The van der Waals surface area contributed by atoms with Crippen LogP contribution in [0.25, 0.3) is 0 Å². The molecule has 0 saturated carbocycles. The monoisotopic (exact) mass is 210 g/mol. The van der Waals surface area contributed by atoms with Crippen LogP contribution < -0.4 is 0 Å². The maximum Gasteiger partial charge on any atom is 0.433 e.